The molecule has 3 rings (SSSR count). The number of amides is 1. The number of alkyl halides is 3. The minimum absolute atomic E-state index is 0.0255. The van der Waals surface area contributed by atoms with Crippen LogP contribution < -0.4 is 14.8 Å². The number of nitrogens with one attached hydrogen (secondary N) is 1. The average Bonchev–Trinajstić information content (AvgIpc) is 2.83. The second-order valence-corrected chi connectivity index (χ2v) is 9.81. The molecule has 1 heterocycles. The van der Waals surface area contributed by atoms with E-state index in [4.69, 9.17) is 9.47 Å². The Kier molecular flexibility index (Phi) is 8.09. The van der Waals surface area contributed by atoms with Crippen LogP contribution in [0.4, 0.5) is 13.2 Å². The van der Waals surface area contributed by atoms with Crippen molar-refractivity contribution in [2.24, 2.45) is 5.92 Å². The summed E-state index contributed by atoms with van der Waals surface area (Å²) in [5.74, 6) is 0.588. The van der Waals surface area contributed by atoms with Gasteiger partial charge in [-0.25, -0.2) is 8.42 Å². The van der Waals surface area contributed by atoms with Gasteiger partial charge in [0.05, 0.1) is 24.7 Å². The number of benzene rings is 2. The second kappa shape index (κ2) is 10.6. The molecule has 0 unspecified atom stereocenters. The fourth-order valence-corrected chi connectivity index (χ4v) is 5.62. The first kappa shape index (κ1) is 25.8. The lowest BCUT2D eigenvalue weighted by Gasteiger charge is -2.31. The third kappa shape index (κ3) is 5.82. The van der Waals surface area contributed by atoms with Gasteiger partial charge in [-0.1, -0.05) is 18.2 Å². The fourth-order valence-electron chi connectivity index (χ4n) is 3.93. The molecule has 11 heteroatoms. The van der Waals surface area contributed by atoms with Crippen LogP contribution >= 0.6 is 0 Å². The lowest BCUT2D eigenvalue weighted by atomic mass is 9.97. The summed E-state index contributed by atoms with van der Waals surface area (Å²) in [6, 6.07) is 9.61. The highest BCUT2D eigenvalue weighted by Crippen LogP contribution is 2.36. The molecule has 1 amide bonds. The highest BCUT2D eigenvalue weighted by atomic mass is 32.2. The fraction of sp³-hybridized carbons (Fsp3) is 0.435. The molecule has 1 N–H and O–H groups in total. The van der Waals surface area contributed by atoms with Crippen molar-refractivity contribution in [3.63, 3.8) is 0 Å². The van der Waals surface area contributed by atoms with Gasteiger partial charge in [-0.2, -0.15) is 17.5 Å². The topological polar surface area (TPSA) is 84.9 Å². The summed E-state index contributed by atoms with van der Waals surface area (Å²) in [7, 11) is -1.25. The first-order chi connectivity index (χ1) is 16.1. The van der Waals surface area contributed by atoms with Gasteiger partial charge in [0, 0.05) is 25.6 Å². The molecule has 0 spiro atoms. The van der Waals surface area contributed by atoms with E-state index in [9.17, 15) is 26.4 Å². The van der Waals surface area contributed by atoms with E-state index in [1.807, 2.05) is 12.1 Å². The van der Waals surface area contributed by atoms with Crippen molar-refractivity contribution in [2.45, 2.75) is 30.3 Å². The summed E-state index contributed by atoms with van der Waals surface area (Å²) >= 11 is 0. The van der Waals surface area contributed by atoms with Crippen LogP contribution in [-0.4, -0.2) is 52.5 Å². The molecule has 186 valence electrons. The molecule has 0 aliphatic carbocycles. The SMILES string of the molecule is COc1ccc(CCNC(=O)C2CCN(S(=O)(=O)c3ccccc3C(F)(F)F)CC2)cc1OC. The second-order valence-electron chi connectivity index (χ2n) is 7.90. The Hall–Kier alpha value is -2.79. The first-order valence-electron chi connectivity index (χ1n) is 10.7. The molecule has 34 heavy (non-hydrogen) atoms. The summed E-state index contributed by atoms with van der Waals surface area (Å²) in [6.07, 6.45) is -3.76. The average molecular weight is 501 g/mol. The molecule has 0 saturated carbocycles. The van der Waals surface area contributed by atoms with Gasteiger partial charge in [0.2, 0.25) is 15.9 Å². The number of sulfonamides is 1. The summed E-state index contributed by atoms with van der Waals surface area (Å²) in [4.78, 5) is 11.8. The predicted octanol–water partition coefficient (Wildman–Crippen LogP) is 3.48. The van der Waals surface area contributed by atoms with E-state index in [0.717, 1.165) is 28.1 Å². The maximum absolute atomic E-state index is 13.3. The lowest BCUT2D eigenvalue weighted by Crippen LogP contribution is -2.43. The van der Waals surface area contributed by atoms with Crippen LogP contribution in [0.25, 0.3) is 0 Å². The van der Waals surface area contributed by atoms with Crippen molar-refractivity contribution in [3.8, 4) is 11.5 Å². The lowest BCUT2D eigenvalue weighted by molar-refractivity contribution is -0.139. The molecule has 1 aliphatic heterocycles. The van der Waals surface area contributed by atoms with E-state index in [1.165, 1.54) is 13.2 Å². The van der Waals surface area contributed by atoms with E-state index in [0.29, 0.717) is 24.5 Å². The molecule has 1 saturated heterocycles. The predicted molar refractivity (Wildman–Crippen MR) is 119 cm³/mol. The van der Waals surface area contributed by atoms with Crippen LogP contribution in [0.1, 0.15) is 24.0 Å². The summed E-state index contributed by atoms with van der Waals surface area (Å²) in [5.41, 5.74) is -0.243. The summed E-state index contributed by atoms with van der Waals surface area (Å²) < 4.78 is 77.1. The van der Waals surface area contributed by atoms with E-state index in [1.54, 1.807) is 13.2 Å². The van der Waals surface area contributed by atoms with Gasteiger partial charge in [-0.05, 0) is 49.1 Å². The first-order valence-corrected chi connectivity index (χ1v) is 12.2. The minimum Gasteiger partial charge on any atom is -0.493 e. The summed E-state index contributed by atoms with van der Waals surface area (Å²) in [6.45, 7) is 0.330. The number of ether oxygens (including phenoxy) is 2. The highest BCUT2D eigenvalue weighted by Gasteiger charge is 2.40. The summed E-state index contributed by atoms with van der Waals surface area (Å²) in [5, 5.41) is 2.85. The van der Waals surface area contributed by atoms with Crippen LogP contribution in [0.15, 0.2) is 47.4 Å². The van der Waals surface area contributed by atoms with Crippen molar-refractivity contribution in [3.05, 3.63) is 53.6 Å². The number of hydrogen-bond acceptors (Lipinski definition) is 5. The molecule has 0 aromatic heterocycles. The quantitative estimate of drug-likeness (QED) is 0.600. The molecule has 7 nitrogen and oxygen atoms in total. The zero-order chi connectivity index (χ0) is 24.9. The van der Waals surface area contributed by atoms with Crippen LogP contribution in [0.3, 0.4) is 0 Å². The monoisotopic (exact) mass is 500 g/mol. The number of hydrogen-bond donors (Lipinski definition) is 1. The van der Waals surface area contributed by atoms with Gasteiger partial charge >= 0.3 is 6.18 Å². The van der Waals surface area contributed by atoms with Gasteiger partial charge in [0.1, 0.15) is 0 Å². The maximum Gasteiger partial charge on any atom is 0.417 e. The van der Waals surface area contributed by atoms with E-state index >= 15 is 0 Å². The van der Waals surface area contributed by atoms with Crippen LogP contribution in [0.2, 0.25) is 0 Å². The number of carbonyl (C=O) groups excluding carboxylic acids is 1. The van der Waals surface area contributed by atoms with Gasteiger partial charge in [0.15, 0.2) is 11.5 Å². The van der Waals surface area contributed by atoms with Gasteiger partial charge in [0.25, 0.3) is 0 Å². The number of carbonyl (C=O) groups is 1. The Bertz CT molecular complexity index is 1110. The number of rotatable bonds is 8. The Morgan fingerprint density at radius 3 is 2.32 bits per heavy atom. The molecule has 0 radical (unpaired) electrons. The maximum atomic E-state index is 13.3. The highest BCUT2D eigenvalue weighted by molar-refractivity contribution is 7.89. The third-order valence-electron chi connectivity index (χ3n) is 5.80. The molecule has 1 aliphatic rings. The molecular weight excluding hydrogens is 473 g/mol. The van der Waals surface area contributed by atoms with Crippen LogP contribution in [-0.2, 0) is 27.4 Å². The van der Waals surface area contributed by atoms with Crippen LogP contribution in [0.5, 0.6) is 11.5 Å². The standard InChI is InChI=1S/C23H27F3N2O5S/c1-32-19-8-7-16(15-20(19)33-2)9-12-27-22(29)17-10-13-28(14-11-17)34(30,31)21-6-4-3-5-18(21)23(24,25)26/h3-8,15,17H,9-14H2,1-2H3,(H,27,29). The van der Waals surface area contributed by atoms with E-state index < -0.39 is 32.6 Å². The van der Waals surface area contributed by atoms with Crippen molar-refractivity contribution < 1.29 is 35.9 Å². The number of piperidine rings is 1. The number of halogens is 3. The van der Waals surface area contributed by atoms with Crippen LogP contribution in [0, 0.1) is 5.92 Å². The third-order valence-corrected chi connectivity index (χ3v) is 7.75. The van der Waals surface area contributed by atoms with E-state index in [2.05, 4.69) is 5.32 Å². The van der Waals surface area contributed by atoms with Crippen molar-refractivity contribution >= 4 is 15.9 Å². The number of nitrogens with zero attached hydrogens (tertiary/aromatic N) is 1. The van der Waals surface area contributed by atoms with Gasteiger partial charge in [-0.15, -0.1) is 0 Å². The van der Waals surface area contributed by atoms with Crippen molar-refractivity contribution in [2.75, 3.05) is 33.9 Å². The Morgan fingerprint density at radius 1 is 1.06 bits per heavy atom. The Balaban J connectivity index is 1.55. The number of methoxy groups -OCH3 is 2. The smallest absolute Gasteiger partial charge is 0.417 e. The molecule has 2 aromatic rings. The molecule has 0 bridgehead atoms. The van der Waals surface area contributed by atoms with Crippen molar-refractivity contribution in [1.82, 2.24) is 9.62 Å². The minimum atomic E-state index is -4.78. The van der Waals surface area contributed by atoms with Crippen molar-refractivity contribution in [1.29, 1.82) is 0 Å². The largest absolute Gasteiger partial charge is 0.493 e. The molecule has 1 fully saturated rings. The normalized spacial score (nSPS) is 15.7. The van der Waals surface area contributed by atoms with Gasteiger partial charge < -0.3 is 14.8 Å². The zero-order valence-corrected chi connectivity index (χ0v) is 19.7. The molecule has 2 aromatic carbocycles. The zero-order valence-electron chi connectivity index (χ0n) is 18.9. The van der Waals surface area contributed by atoms with Gasteiger partial charge in [-0.3, -0.25) is 4.79 Å². The Labute approximate surface area is 196 Å². The van der Waals surface area contributed by atoms with E-state index in [-0.39, 0.29) is 31.8 Å². The molecular formula is C23H27F3N2O5S. The molecule has 0 atom stereocenters. The Morgan fingerprint density at radius 2 is 1.71 bits per heavy atom.